The molecule has 0 unspecified atom stereocenters. The van der Waals surface area contributed by atoms with Gasteiger partial charge < -0.3 is 9.64 Å². The number of likely N-dealkylation sites (tertiary alicyclic amines) is 1. The van der Waals surface area contributed by atoms with Gasteiger partial charge in [0.25, 0.3) is 0 Å². The molecule has 0 saturated carbocycles. The van der Waals surface area contributed by atoms with Crippen molar-refractivity contribution in [3.05, 3.63) is 77.9 Å². The Balaban J connectivity index is 1.32. The molecule has 0 atom stereocenters. The summed E-state index contributed by atoms with van der Waals surface area (Å²) in [6.07, 6.45) is 4.09. The van der Waals surface area contributed by atoms with Crippen molar-refractivity contribution < 1.29 is 9.53 Å². The number of carbonyl (C=O) groups excluding carboxylic acids is 1. The Morgan fingerprint density at radius 2 is 1.46 bits per heavy atom. The molecule has 0 bridgehead atoms. The van der Waals surface area contributed by atoms with Crippen LogP contribution in [0.5, 0.6) is 5.75 Å². The average Bonchev–Trinajstić information content (AvgIpc) is 3.13. The fourth-order valence-electron chi connectivity index (χ4n) is 4.28. The van der Waals surface area contributed by atoms with Gasteiger partial charge in [0.1, 0.15) is 5.75 Å². The van der Waals surface area contributed by atoms with E-state index in [1.54, 1.807) is 4.90 Å². The van der Waals surface area contributed by atoms with E-state index in [0.29, 0.717) is 5.75 Å². The summed E-state index contributed by atoms with van der Waals surface area (Å²) in [5, 5.41) is 0. The summed E-state index contributed by atoms with van der Waals surface area (Å²) in [5.74, 6) is 0.605. The molecule has 3 aromatic carbocycles. The standard InChI is InChI=1S/C25H23NO2/c27-25(26-14-4-1-5-15-26)28-22-11-8-18(9-12-22)19-10-13-24-21(16-19)17-20-6-2-3-7-23(20)24/h2-3,6-13,16H,1,4-5,14-15,17H2. The van der Waals surface area contributed by atoms with E-state index >= 15 is 0 Å². The van der Waals surface area contributed by atoms with E-state index < -0.39 is 0 Å². The number of amides is 1. The highest BCUT2D eigenvalue weighted by Gasteiger charge is 2.19. The van der Waals surface area contributed by atoms with Gasteiger partial charge in [0.05, 0.1) is 0 Å². The van der Waals surface area contributed by atoms with Crippen LogP contribution in [0.1, 0.15) is 30.4 Å². The predicted octanol–water partition coefficient (Wildman–Crippen LogP) is 5.91. The van der Waals surface area contributed by atoms with Gasteiger partial charge in [-0.2, -0.15) is 0 Å². The zero-order valence-electron chi connectivity index (χ0n) is 15.9. The lowest BCUT2D eigenvalue weighted by Crippen LogP contribution is -2.37. The van der Waals surface area contributed by atoms with Crippen LogP contribution in [0.3, 0.4) is 0 Å². The Hall–Kier alpha value is -3.07. The normalized spacial score (nSPS) is 15.1. The van der Waals surface area contributed by atoms with Gasteiger partial charge in [-0.25, -0.2) is 4.79 Å². The number of nitrogens with zero attached hydrogens (tertiary/aromatic N) is 1. The highest BCUT2D eigenvalue weighted by molar-refractivity contribution is 5.80. The maximum Gasteiger partial charge on any atom is 0.415 e. The van der Waals surface area contributed by atoms with Gasteiger partial charge >= 0.3 is 6.09 Å². The van der Waals surface area contributed by atoms with Crippen LogP contribution in [0.15, 0.2) is 66.7 Å². The highest BCUT2D eigenvalue weighted by atomic mass is 16.6. The molecular weight excluding hydrogens is 346 g/mol. The smallest absolute Gasteiger partial charge is 0.410 e. The Bertz CT molecular complexity index is 1020. The molecule has 0 spiro atoms. The highest BCUT2D eigenvalue weighted by Crippen LogP contribution is 2.38. The Labute approximate surface area is 165 Å². The van der Waals surface area contributed by atoms with E-state index in [1.165, 1.54) is 34.2 Å². The summed E-state index contributed by atoms with van der Waals surface area (Å²) in [6.45, 7) is 1.60. The molecule has 3 heteroatoms. The lowest BCUT2D eigenvalue weighted by molar-refractivity contribution is 0.142. The van der Waals surface area contributed by atoms with Gasteiger partial charge in [-0.15, -0.1) is 0 Å². The molecule has 1 saturated heterocycles. The number of rotatable bonds is 2. The minimum absolute atomic E-state index is 0.234. The molecule has 28 heavy (non-hydrogen) atoms. The van der Waals surface area contributed by atoms with E-state index in [0.717, 1.165) is 37.9 Å². The maximum absolute atomic E-state index is 12.3. The molecule has 5 rings (SSSR count). The second-order valence-corrected chi connectivity index (χ2v) is 7.65. The first-order chi connectivity index (χ1) is 13.8. The quantitative estimate of drug-likeness (QED) is 0.440. The van der Waals surface area contributed by atoms with Crippen molar-refractivity contribution in [3.8, 4) is 28.0 Å². The van der Waals surface area contributed by atoms with Crippen LogP contribution in [0.4, 0.5) is 4.79 Å². The van der Waals surface area contributed by atoms with Gasteiger partial charge in [-0.05, 0) is 71.2 Å². The van der Waals surface area contributed by atoms with Crippen LogP contribution in [0.2, 0.25) is 0 Å². The van der Waals surface area contributed by atoms with Crippen molar-refractivity contribution in [2.75, 3.05) is 13.1 Å². The number of carbonyl (C=O) groups is 1. The summed E-state index contributed by atoms with van der Waals surface area (Å²) in [6, 6.07) is 23.1. The molecule has 0 radical (unpaired) electrons. The Kier molecular flexibility index (Phi) is 4.36. The summed E-state index contributed by atoms with van der Waals surface area (Å²) in [5.41, 5.74) is 7.79. The van der Waals surface area contributed by atoms with E-state index in [2.05, 4.69) is 42.5 Å². The Morgan fingerprint density at radius 3 is 2.29 bits per heavy atom. The molecule has 1 aliphatic carbocycles. The fraction of sp³-hybridized carbons (Fsp3) is 0.240. The third kappa shape index (κ3) is 3.18. The topological polar surface area (TPSA) is 29.5 Å². The lowest BCUT2D eigenvalue weighted by Gasteiger charge is -2.25. The van der Waals surface area contributed by atoms with Crippen molar-refractivity contribution in [2.45, 2.75) is 25.7 Å². The first-order valence-electron chi connectivity index (χ1n) is 10.1. The van der Waals surface area contributed by atoms with Crippen LogP contribution in [-0.2, 0) is 6.42 Å². The minimum atomic E-state index is -0.234. The van der Waals surface area contributed by atoms with Crippen molar-refractivity contribution in [1.29, 1.82) is 0 Å². The number of benzene rings is 3. The second kappa shape index (κ2) is 7.16. The van der Waals surface area contributed by atoms with Crippen molar-refractivity contribution in [1.82, 2.24) is 4.90 Å². The molecule has 3 nitrogen and oxygen atoms in total. The molecule has 0 N–H and O–H groups in total. The predicted molar refractivity (Wildman–Crippen MR) is 112 cm³/mol. The van der Waals surface area contributed by atoms with Crippen molar-refractivity contribution in [2.24, 2.45) is 0 Å². The van der Waals surface area contributed by atoms with Crippen LogP contribution >= 0.6 is 0 Å². The van der Waals surface area contributed by atoms with Crippen LogP contribution in [0, 0.1) is 0 Å². The van der Waals surface area contributed by atoms with Gasteiger partial charge in [-0.1, -0.05) is 54.6 Å². The monoisotopic (exact) mass is 369 g/mol. The number of fused-ring (bicyclic) bond motifs is 3. The second-order valence-electron chi connectivity index (χ2n) is 7.65. The van der Waals surface area contributed by atoms with Crippen LogP contribution in [-0.4, -0.2) is 24.1 Å². The van der Waals surface area contributed by atoms with E-state index in [-0.39, 0.29) is 6.09 Å². The maximum atomic E-state index is 12.3. The summed E-state index contributed by atoms with van der Waals surface area (Å²) in [7, 11) is 0. The van der Waals surface area contributed by atoms with Crippen LogP contribution in [0.25, 0.3) is 22.3 Å². The third-order valence-corrected chi connectivity index (χ3v) is 5.80. The number of ether oxygens (including phenoxy) is 1. The van der Waals surface area contributed by atoms with E-state index in [9.17, 15) is 4.79 Å². The summed E-state index contributed by atoms with van der Waals surface area (Å²) >= 11 is 0. The zero-order valence-corrected chi connectivity index (χ0v) is 15.9. The Morgan fingerprint density at radius 1 is 0.750 bits per heavy atom. The van der Waals surface area contributed by atoms with Crippen molar-refractivity contribution in [3.63, 3.8) is 0 Å². The molecule has 1 fully saturated rings. The van der Waals surface area contributed by atoms with Gasteiger partial charge in [0, 0.05) is 13.1 Å². The van der Waals surface area contributed by atoms with Gasteiger partial charge in [-0.3, -0.25) is 0 Å². The molecule has 140 valence electrons. The summed E-state index contributed by atoms with van der Waals surface area (Å²) in [4.78, 5) is 14.1. The average molecular weight is 369 g/mol. The summed E-state index contributed by atoms with van der Waals surface area (Å²) < 4.78 is 5.55. The van der Waals surface area contributed by atoms with Crippen molar-refractivity contribution >= 4 is 6.09 Å². The van der Waals surface area contributed by atoms with Gasteiger partial charge in [0.2, 0.25) is 0 Å². The molecule has 1 aliphatic heterocycles. The lowest BCUT2D eigenvalue weighted by atomic mass is 9.99. The molecular formula is C25H23NO2. The number of piperidine rings is 1. The number of hydrogen-bond acceptors (Lipinski definition) is 2. The van der Waals surface area contributed by atoms with E-state index in [1.807, 2.05) is 24.3 Å². The number of hydrogen-bond donors (Lipinski definition) is 0. The zero-order chi connectivity index (χ0) is 18.9. The minimum Gasteiger partial charge on any atom is -0.410 e. The SMILES string of the molecule is O=C(Oc1ccc(-c2ccc3c(c2)Cc2ccccc2-3)cc1)N1CCCCC1. The third-order valence-electron chi connectivity index (χ3n) is 5.80. The van der Waals surface area contributed by atoms with Gasteiger partial charge in [0.15, 0.2) is 0 Å². The molecule has 0 aromatic heterocycles. The molecule has 3 aromatic rings. The fourth-order valence-corrected chi connectivity index (χ4v) is 4.28. The molecule has 1 amide bonds. The molecule has 1 heterocycles. The van der Waals surface area contributed by atoms with Crippen LogP contribution < -0.4 is 4.74 Å². The largest absolute Gasteiger partial charge is 0.415 e. The first kappa shape index (κ1) is 17.1. The van der Waals surface area contributed by atoms with E-state index in [4.69, 9.17) is 4.74 Å². The molecule has 2 aliphatic rings. The first-order valence-corrected chi connectivity index (χ1v) is 10.1.